The second kappa shape index (κ2) is 7.20. The molecule has 0 aliphatic heterocycles. The molecule has 0 radical (unpaired) electrons. The molecule has 0 spiro atoms. The fraction of sp³-hybridized carbons (Fsp3) is 0. The van der Waals surface area contributed by atoms with Crippen LogP contribution >= 0.6 is 11.6 Å². The van der Waals surface area contributed by atoms with Crippen molar-refractivity contribution in [3.05, 3.63) is 70.9 Å². The van der Waals surface area contributed by atoms with Crippen LogP contribution in [0.3, 0.4) is 0 Å². The first-order chi connectivity index (χ1) is 13.5. The fourth-order valence-electron chi connectivity index (χ4n) is 2.35. The van der Waals surface area contributed by atoms with E-state index in [9.17, 15) is 13.6 Å². The molecular formula is C18H9ClF2N4O3. The molecule has 0 unspecified atom stereocenters. The fourth-order valence-corrected chi connectivity index (χ4v) is 2.54. The minimum Gasteiger partial charge on any atom is -0.355 e. The lowest BCUT2D eigenvalue weighted by Crippen LogP contribution is -2.13. The molecule has 0 aliphatic carbocycles. The predicted molar refractivity (Wildman–Crippen MR) is 94.6 cm³/mol. The Bertz CT molecular complexity index is 1180. The Hall–Kier alpha value is -3.59. The van der Waals surface area contributed by atoms with E-state index in [1.807, 2.05) is 0 Å². The van der Waals surface area contributed by atoms with Gasteiger partial charge in [-0.1, -0.05) is 22.8 Å². The van der Waals surface area contributed by atoms with Crippen molar-refractivity contribution in [1.82, 2.24) is 15.3 Å². The number of benzene rings is 2. The number of carbonyl (C=O) groups excluding carboxylic acids is 1. The van der Waals surface area contributed by atoms with Crippen molar-refractivity contribution in [1.29, 1.82) is 0 Å². The van der Waals surface area contributed by atoms with E-state index in [4.69, 9.17) is 20.6 Å². The normalized spacial score (nSPS) is 10.8. The molecule has 0 saturated heterocycles. The highest BCUT2D eigenvalue weighted by atomic mass is 35.5. The summed E-state index contributed by atoms with van der Waals surface area (Å²) in [4.78, 5) is 16.3. The SMILES string of the molecule is O=C(Nc1noc(-c2cccc(Cl)c2)n1)c1cc(-c2ccc(F)c(F)c2)on1. The van der Waals surface area contributed by atoms with E-state index < -0.39 is 17.5 Å². The topological polar surface area (TPSA) is 94.1 Å². The summed E-state index contributed by atoms with van der Waals surface area (Å²) in [5.74, 6) is -2.53. The number of amides is 1. The Labute approximate surface area is 160 Å². The second-order valence-electron chi connectivity index (χ2n) is 5.59. The third-order valence-electron chi connectivity index (χ3n) is 3.67. The van der Waals surface area contributed by atoms with Gasteiger partial charge in [0.1, 0.15) is 0 Å². The molecule has 7 nitrogen and oxygen atoms in total. The van der Waals surface area contributed by atoms with Crippen LogP contribution in [0, 0.1) is 11.6 Å². The van der Waals surface area contributed by atoms with E-state index >= 15 is 0 Å². The van der Waals surface area contributed by atoms with Crippen LogP contribution in [0.25, 0.3) is 22.8 Å². The van der Waals surface area contributed by atoms with Crippen LogP contribution in [-0.4, -0.2) is 21.2 Å². The quantitative estimate of drug-likeness (QED) is 0.537. The highest BCUT2D eigenvalue weighted by molar-refractivity contribution is 6.30. The van der Waals surface area contributed by atoms with Gasteiger partial charge in [0.15, 0.2) is 23.1 Å². The largest absolute Gasteiger partial charge is 0.355 e. The Kier molecular flexibility index (Phi) is 4.58. The van der Waals surface area contributed by atoms with Crippen LogP contribution in [0.2, 0.25) is 5.02 Å². The van der Waals surface area contributed by atoms with Crippen molar-refractivity contribution >= 4 is 23.5 Å². The Balaban J connectivity index is 1.50. The van der Waals surface area contributed by atoms with Crippen molar-refractivity contribution in [3.63, 3.8) is 0 Å². The maximum atomic E-state index is 13.3. The lowest BCUT2D eigenvalue weighted by Gasteiger charge is -1.96. The first-order valence-corrected chi connectivity index (χ1v) is 8.20. The number of nitrogens with zero attached hydrogens (tertiary/aromatic N) is 3. The smallest absolute Gasteiger partial charge is 0.280 e. The zero-order valence-electron chi connectivity index (χ0n) is 13.8. The van der Waals surface area contributed by atoms with Gasteiger partial charge in [-0.25, -0.2) is 8.78 Å². The number of anilines is 1. The molecule has 0 aliphatic rings. The minimum absolute atomic E-state index is 0.0858. The molecule has 4 aromatic rings. The maximum Gasteiger partial charge on any atom is 0.280 e. The average Bonchev–Trinajstić information content (AvgIpc) is 3.34. The van der Waals surface area contributed by atoms with Gasteiger partial charge in [0.05, 0.1) is 0 Å². The van der Waals surface area contributed by atoms with E-state index in [0.717, 1.165) is 12.1 Å². The second-order valence-corrected chi connectivity index (χ2v) is 6.03. The van der Waals surface area contributed by atoms with Crippen molar-refractivity contribution in [2.24, 2.45) is 0 Å². The number of hydrogen-bond donors (Lipinski definition) is 1. The molecule has 10 heteroatoms. The molecule has 1 amide bonds. The van der Waals surface area contributed by atoms with E-state index in [1.165, 1.54) is 12.1 Å². The molecular weight excluding hydrogens is 394 g/mol. The van der Waals surface area contributed by atoms with Gasteiger partial charge in [-0.2, -0.15) is 4.98 Å². The standard InChI is InChI=1S/C18H9ClF2N4O3/c19-11-3-1-2-10(6-11)17-23-18(25-28-17)22-16(26)14-8-15(27-24-14)9-4-5-12(20)13(21)7-9/h1-8H,(H,22,25,26). The molecule has 28 heavy (non-hydrogen) atoms. The Morgan fingerprint density at radius 1 is 0.964 bits per heavy atom. The summed E-state index contributed by atoms with van der Waals surface area (Å²) >= 11 is 5.91. The third-order valence-corrected chi connectivity index (χ3v) is 3.90. The summed E-state index contributed by atoms with van der Waals surface area (Å²) in [7, 11) is 0. The van der Waals surface area contributed by atoms with E-state index in [0.29, 0.717) is 10.6 Å². The predicted octanol–water partition coefficient (Wildman–Crippen LogP) is 4.58. The third kappa shape index (κ3) is 3.60. The first kappa shape index (κ1) is 17.8. The van der Waals surface area contributed by atoms with E-state index in [1.54, 1.807) is 24.3 Å². The number of nitrogens with one attached hydrogen (secondary N) is 1. The van der Waals surface area contributed by atoms with Crippen LogP contribution in [0.5, 0.6) is 0 Å². The molecule has 0 saturated carbocycles. The number of aromatic nitrogens is 3. The van der Waals surface area contributed by atoms with E-state index in [2.05, 4.69) is 20.6 Å². The molecule has 2 aromatic heterocycles. The minimum atomic E-state index is -1.04. The first-order valence-electron chi connectivity index (χ1n) is 7.83. The van der Waals surface area contributed by atoms with Gasteiger partial charge in [0.25, 0.3) is 17.7 Å². The van der Waals surface area contributed by atoms with Gasteiger partial charge in [-0.15, -0.1) is 0 Å². The van der Waals surface area contributed by atoms with Crippen molar-refractivity contribution in [2.45, 2.75) is 0 Å². The molecule has 4 rings (SSSR count). The number of hydrogen-bond acceptors (Lipinski definition) is 6. The van der Waals surface area contributed by atoms with E-state index in [-0.39, 0.29) is 28.9 Å². The summed E-state index contributed by atoms with van der Waals surface area (Å²) in [5.41, 5.74) is 0.713. The van der Waals surface area contributed by atoms with Gasteiger partial charge in [0, 0.05) is 22.2 Å². The lowest BCUT2D eigenvalue weighted by atomic mass is 10.1. The zero-order chi connectivity index (χ0) is 19.7. The van der Waals surface area contributed by atoms with Crippen LogP contribution in [0.1, 0.15) is 10.5 Å². The van der Waals surface area contributed by atoms with Gasteiger partial charge >= 0.3 is 0 Å². The molecule has 0 fully saturated rings. The summed E-state index contributed by atoms with van der Waals surface area (Å²) < 4.78 is 36.5. The lowest BCUT2D eigenvalue weighted by molar-refractivity contribution is 0.101. The van der Waals surface area contributed by atoms with Crippen LogP contribution in [0.15, 0.2) is 57.6 Å². The van der Waals surface area contributed by atoms with Gasteiger partial charge in [-0.05, 0) is 41.6 Å². The number of carbonyl (C=O) groups is 1. The van der Waals surface area contributed by atoms with Crippen LogP contribution in [0.4, 0.5) is 14.7 Å². The summed E-state index contributed by atoms with van der Waals surface area (Å²) in [6, 6.07) is 11.2. The van der Waals surface area contributed by atoms with Gasteiger partial charge in [-0.3, -0.25) is 10.1 Å². The van der Waals surface area contributed by atoms with Crippen LogP contribution < -0.4 is 5.32 Å². The highest BCUT2D eigenvalue weighted by Gasteiger charge is 2.18. The molecule has 0 bridgehead atoms. The van der Waals surface area contributed by atoms with Crippen molar-refractivity contribution < 1.29 is 22.6 Å². The Morgan fingerprint density at radius 3 is 2.61 bits per heavy atom. The molecule has 2 heterocycles. The van der Waals surface area contributed by atoms with Gasteiger partial charge < -0.3 is 9.05 Å². The average molecular weight is 403 g/mol. The molecule has 140 valence electrons. The maximum absolute atomic E-state index is 13.3. The summed E-state index contributed by atoms with van der Waals surface area (Å²) in [6.07, 6.45) is 0. The monoisotopic (exact) mass is 402 g/mol. The Morgan fingerprint density at radius 2 is 1.82 bits per heavy atom. The summed E-state index contributed by atoms with van der Waals surface area (Å²) in [6.45, 7) is 0. The number of halogens is 3. The molecule has 0 atom stereocenters. The zero-order valence-corrected chi connectivity index (χ0v) is 14.6. The van der Waals surface area contributed by atoms with Crippen molar-refractivity contribution in [2.75, 3.05) is 5.32 Å². The molecule has 2 aromatic carbocycles. The highest BCUT2D eigenvalue weighted by Crippen LogP contribution is 2.24. The summed E-state index contributed by atoms with van der Waals surface area (Å²) in [5, 5.41) is 10.2. The van der Waals surface area contributed by atoms with Crippen LogP contribution in [-0.2, 0) is 0 Å². The number of rotatable bonds is 4. The van der Waals surface area contributed by atoms with Crippen molar-refractivity contribution in [3.8, 4) is 22.8 Å². The van der Waals surface area contributed by atoms with Gasteiger partial charge in [0.2, 0.25) is 0 Å². The molecule has 1 N–H and O–H groups in total.